The molecule has 1 N–H and O–H groups in total. The van der Waals surface area contributed by atoms with Crippen molar-refractivity contribution in [3.63, 3.8) is 0 Å². The molecule has 9 heteroatoms. The van der Waals surface area contributed by atoms with Gasteiger partial charge in [-0.15, -0.1) is 0 Å². The number of sulfonamides is 2. The zero-order chi connectivity index (χ0) is 23.9. The Hall–Kier alpha value is -3.01. The van der Waals surface area contributed by atoms with E-state index < -0.39 is 43.5 Å². The van der Waals surface area contributed by atoms with Gasteiger partial charge in [0.1, 0.15) is 5.41 Å². The summed E-state index contributed by atoms with van der Waals surface area (Å²) in [5.41, 5.74) is 0.126. The number of carbonyl (C=O) groups is 1. The first-order valence-corrected chi connectivity index (χ1v) is 14.0. The normalized spacial score (nSPS) is 21.9. The molecule has 3 atom stereocenters. The molecule has 0 saturated carbocycles. The molecule has 0 aromatic heterocycles. The summed E-state index contributed by atoms with van der Waals surface area (Å²) < 4.78 is 54.0. The number of nitrogens with zero attached hydrogens (tertiary/aromatic N) is 1. The van der Waals surface area contributed by atoms with E-state index in [9.17, 15) is 21.6 Å². The molecule has 1 fully saturated rings. The highest BCUT2D eigenvalue weighted by molar-refractivity contribution is 7.89. The van der Waals surface area contributed by atoms with Crippen LogP contribution in [0.5, 0.6) is 0 Å². The Balaban J connectivity index is 2.08. The number of nitrogens with one attached hydrogen (secondary N) is 1. The maximum atomic E-state index is 13.9. The fourth-order valence-electron chi connectivity index (χ4n) is 4.64. The van der Waals surface area contributed by atoms with Crippen molar-refractivity contribution in [2.24, 2.45) is 0 Å². The van der Waals surface area contributed by atoms with Gasteiger partial charge in [0.25, 0.3) is 5.91 Å². The van der Waals surface area contributed by atoms with Crippen LogP contribution in [0, 0.1) is 0 Å². The third-order valence-corrected chi connectivity index (χ3v) is 7.62. The van der Waals surface area contributed by atoms with Crippen LogP contribution in [0.2, 0.25) is 0 Å². The minimum absolute atomic E-state index is 0.522. The van der Waals surface area contributed by atoms with Gasteiger partial charge in [-0.25, -0.2) is 25.9 Å². The predicted molar refractivity (Wildman–Crippen MR) is 126 cm³/mol. The Morgan fingerprint density at radius 3 is 1.76 bits per heavy atom. The van der Waals surface area contributed by atoms with Crippen LogP contribution in [0.25, 0.3) is 0 Å². The van der Waals surface area contributed by atoms with Gasteiger partial charge in [-0.2, -0.15) is 0 Å². The number of hydrogen-bond donors (Lipinski definition) is 1. The van der Waals surface area contributed by atoms with Gasteiger partial charge in [0, 0.05) is 0 Å². The van der Waals surface area contributed by atoms with Crippen LogP contribution in [0.4, 0.5) is 0 Å². The van der Waals surface area contributed by atoms with Crippen molar-refractivity contribution in [3.8, 4) is 0 Å². The van der Waals surface area contributed by atoms with E-state index in [0.29, 0.717) is 16.7 Å². The van der Waals surface area contributed by atoms with Crippen molar-refractivity contribution in [2.45, 2.75) is 17.5 Å². The zero-order valence-electron chi connectivity index (χ0n) is 18.1. The molecular formula is C24H24N2O5S2. The van der Waals surface area contributed by atoms with Crippen molar-refractivity contribution >= 4 is 26.0 Å². The molecular weight excluding hydrogens is 460 g/mol. The molecule has 1 amide bonds. The SMILES string of the molecule is CS(=O)(=O)NC(c1ccccc1)[C@]1(c2ccccc2)C(=O)N(S(C)(=O)=O)[C@@H]1c1ccccc1. The highest BCUT2D eigenvalue weighted by Crippen LogP contribution is 2.59. The first-order valence-electron chi connectivity index (χ1n) is 10.2. The summed E-state index contributed by atoms with van der Waals surface area (Å²) in [4.78, 5) is 13.9. The fourth-order valence-corrected chi connectivity index (χ4v) is 6.51. The van der Waals surface area contributed by atoms with Gasteiger partial charge in [-0.05, 0) is 16.7 Å². The second-order valence-corrected chi connectivity index (χ2v) is 11.8. The molecule has 1 saturated heterocycles. The minimum Gasteiger partial charge on any atom is -0.273 e. The Morgan fingerprint density at radius 2 is 1.27 bits per heavy atom. The lowest BCUT2D eigenvalue weighted by Gasteiger charge is -2.58. The number of rotatable bonds is 7. The van der Waals surface area contributed by atoms with Gasteiger partial charge in [0.05, 0.1) is 24.6 Å². The second kappa shape index (κ2) is 8.40. The van der Waals surface area contributed by atoms with Crippen LogP contribution in [0.3, 0.4) is 0 Å². The molecule has 1 unspecified atom stereocenters. The van der Waals surface area contributed by atoms with Crippen molar-refractivity contribution in [3.05, 3.63) is 108 Å². The predicted octanol–water partition coefficient (Wildman–Crippen LogP) is 2.76. The molecule has 172 valence electrons. The van der Waals surface area contributed by atoms with Crippen LogP contribution in [0.1, 0.15) is 28.8 Å². The van der Waals surface area contributed by atoms with E-state index in [1.54, 1.807) is 91.0 Å². The number of β-lactam (4-membered cyclic amide) rings is 1. The molecule has 0 aliphatic carbocycles. The average molecular weight is 485 g/mol. The number of hydrogen-bond acceptors (Lipinski definition) is 5. The fraction of sp³-hybridized carbons (Fsp3) is 0.208. The van der Waals surface area contributed by atoms with E-state index >= 15 is 0 Å². The van der Waals surface area contributed by atoms with Crippen LogP contribution in [0.15, 0.2) is 91.0 Å². The van der Waals surface area contributed by atoms with E-state index in [1.165, 1.54) is 0 Å². The lowest BCUT2D eigenvalue weighted by atomic mass is 9.59. The Morgan fingerprint density at radius 1 is 0.788 bits per heavy atom. The highest BCUT2D eigenvalue weighted by Gasteiger charge is 2.69. The van der Waals surface area contributed by atoms with E-state index in [4.69, 9.17) is 0 Å². The molecule has 1 heterocycles. The van der Waals surface area contributed by atoms with Gasteiger partial charge in [0.2, 0.25) is 20.0 Å². The monoisotopic (exact) mass is 484 g/mol. The molecule has 0 bridgehead atoms. The maximum Gasteiger partial charge on any atom is 0.251 e. The lowest BCUT2D eigenvalue weighted by molar-refractivity contribution is -0.153. The molecule has 0 radical (unpaired) electrons. The van der Waals surface area contributed by atoms with Crippen molar-refractivity contribution in [1.29, 1.82) is 0 Å². The summed E-state index contributed by atoms with van der Waals surface area (Å²) in [6, 6.07) is 24.3. The maximum absolute atomic E-state index is 13.9. The van der Waals surface area contributed by atoms with E-state index in [-0.39, 0.29) is 0 Å². The topological polar surface area (TPSA) is 101 Å². The average Bonchev–Trinajstić information content (AvgIpc) is 2.77. The largest absolute Gasteiger partial charge is 0.273 e. The van der Waals surface area contributed by atoms with Crippen LogP contribution in [-0.2, 0) is 30.3 Å². The molecule has 7 nitrogen and oxygen atoms in total. The number of amides is 1. The van der Waals surface area contributed by atoms with Crippen LogP contribution >= 0.6 is 0 Å². The molecule has 0 spiro atoms. The number of benzene rings is 3. The Kier molecular flexibility index (Phi) is 5.90. The summed E-state index contributed by atoms with van der Waals surface area (Å²) in [6.07, 6.45) is 2.01. The zero-order valence-corrected chi connectivity index (χ0v) is 19.8. The standard InChI is InChI=1S/C24H24N2O5S2/c1-32(28,29)25-21(18-12-6-3-7-13-18)24(20-16-10-5-11-17-20)22(19-14-8-4-9-15-19)26(23(24)27)33(2,30)31/h3-17,21-22,25H,1-2H3/t21?,22-,24+/m1/s1. The smallest absolute Gasteiger partial charge is 0.251 e. The van der Waals surface area contributed by atoms with Crippen molar-refractivity contribution in [1.82, 2.24) is 9.03 Å². The van der Waals surface area contributed by atoms with Gasteiger partial charge in [-0.1, -0.05) is 91.0 Å². The molecule has 3 aromatic rings. The second-order valence-electron chi connectivity index (χ2n) is 8.15. The third kappa shape index (κ3) is 4.07. The highest BCUT2D eigenvalue weighted by atomic mass is 32.2. The first kappa shape index (κ1) is 23.2. The van der Waals surface area contributed by atoms with E-state index in [2.05, 4.69) is 4.72 Å². The quantitative estimate of drug-likeness (QED) is 0.520. The summed E-state index contributed by atoms with van der Waals surface area (Å²) in [5, 5.41) is 0. The van der Waals surface area contributed by atoms with Gasteiger partial charge >= 0.3 is 0 Å². The third-order valence-electron chi connectivity index (χ3n) is 5.86. The Bertz CT molecular complexity index is 1320. The summed E-state index contributed by atoms with van der Waals surface area (Å²) in [5.74, 6) is -0.685. The van der Waals surface area contributed by atoms with Gasteiger partial charge < -0.3 is 0 Å². The number of carbonyl (C=O) groups excluding carboxylic acids is 1. The first-order chi connectivity index (χ1) is 15.6. The molecule has 33 heavy (non-hydrogen) atoms. The van der Waals surface area contributed by atoms with E-state index in [1.807, 2.05) is 0 Å². The molecule has 3 aromatic carbocycles. The van der Waals surface area contributed by atoms with Gasteiger partial charge in [0.15, 0.2) is 0 Å². The summed E-state index contributed by atoms with van der Waals surface area (Å²) in [7, 11) is -7.74. The molecule has 1 aliphatic rings. The van der Waals surface area contributed by atoms with Crippen LogP contribution < -0.4 is 4.72 Å². The van der Waals surface area contributed by atoms with Crippen LogP contribution in [-0.4, -0.2) is 39.6 Å². The lowest BCUT2D eigenvalue weighted by Crippen LogP contribution is -2.71. The van der Waals surface area contributed by atoms with E-state index in [0.717, 1.165) is 16.8 Å². The molecule has 1 aliphatic heterocycles. The minimum atomic E-state index is -3.94. The van der Waals surface area contributed by atoms with Crippen molar-refractivity contribution < 1.29 is 21.6 Å². The summed E-state index contributed by atoms with van der Waals surface area (Å²) in [6.45, 7) is 0. The van der Waals surface area contributed by atoms with Gasteiger partial charge in [-0.3, -0.25) is 4.79 Å². The Labute approximate surface area is 194 Å². The summed E-state index contributed by atoms with van der Waals surface area (Å²) >= 11 is 0. The van der Waals surface area contributed by atoms with Crippen molar-refractivity contribution in [2.75, 3.05) is 12.5 Å². The molecule has 4 rings (SSSR count).